The minimum absolute atomic E-state index is 0.223. The van der Waals surface area contributed by atoms with Gasteiger partial charge in [-0.25, -0.2) is 9.78 Å². The fourth-order valence-corrected chi connectivity index (χ4v) is 1.54. The van der Waals surface area contributed by atoms with Gasteiger partial charge in [0, 0.05) is 11.8 Å². The third-order valence-corrected chi connectivity index (χ3v) is 2.42. The molecule has 0 aliphatic heterocycles. The van der Waals surface area contributed by atoms with E-state index in [1.807, 2.05) is 0 Å². The van der Waals surface area contributed by atoms with Gasteiger partial charge in [0.25, 0.3) is 0 Å². The summed E-state index contributed by atoms with van der Waals surface area (Å²) in [5.74, 6) is -0.551. The summed E-state index contributed by atoms with van der Waals surface area (Å²) >= 11 is 0. The van der Waals surface area contributed by atoms with E-state index in [0.717, 1.165) is 12.8 Å². The highest BCUT2D eigenvalue weighted by Crippen LogP contribution is 2.13. The van der Waals surface area contributed by atoms with Gasteiger partial charge in [-0.1, -0.05) is 26.2 Å². The van der Waals surface area contributed by atoms with Gasteiger partial charge in [0.2, 0.25) is 5.88 Å². The van der Waals surface area contributed by atoms with Crippen LogP contribution >= 0.6 is 0 Å². The van der Waals surface area contributed by atoms with E-state index in [9.17, 15) is 4.79 Å². The first-order valence-electron chi connectivity index (χ1n) is 5.98. The van der Waals surface area contributed by atoms with Gasteiger partial charge in [0.15, 0.2) is 0 Å². The third kappa shape index (κ3) is 4.85. The second-order valence-corrected chi connectivity index (χ2v) is 4.05. The molecule has 0 radical (unpaired) electrons. The third-order valence-electron chi connectivity index (χ3n) is 2.42. The summed E-state index contributed by atoms with van der Waals surface area (Å²) < 4.78 is 5.45. The Balaban J connectivity index is 2.50. The Kier molecular flexibility index (Phi) is 5.46. The number of rotatable bonds is 7. The molecule has 0 fully saturated rings. The van der Waals surface area contributed by atoms with Crippen LogP contribution in [0.3, 0.4) is 0 Å². The van der Waals surface area contributed by atoms with Crippen molar-refractivity contribution in [3.63, 3.8) is 0 Å². The standard InChI is InChI=1S/C13H19NO3/c1-3-4-5-6-7-17-12-9-11(13(15)16)8-10(2)14-12/h8-9H,3-7H2,1-2H3,(H,15,16). The van der Waals surface area contributed by atoms with E-state index in [4.69, 9.17) is 9.84 Å². The number of aromatic carboxylic acids is 1. The minimum atomic E-state index is -0.952. The van der Waals surface area contributed by atoms with Crippen molar-refractivity contribution in [1.82, 2.24) is 4.98 Å². The number of carbonyl (C=O) groups is 1. The van der Waals surface area contributed by atoms with Crippen molar-refractivity contribution in [3.05, 3.63) is 23.4 Å². The van der Waals surface area contributed by atoms with E-state index in [1.54, 1.807) is 6.92 Å². The van der Waals surface area contributed by atoms with Crippen LogP contribution in [0, 0.1) is 6.92 Å². The van der Waals surface area contributed by atoms with Gasteiger partial charge < -0.3 is 9.84 Å². The lowest BCUT2D eigenvalue weighted by atomic mass is 10.2. The normalized spacial score (nSPS) is 10.2. The zero-order valence-electron chi connectivity index (χ0n) is 10.4. The minimum Gasteiger partial charge on any atom is -0.478 e. The zero-order chi connectivity index (χ0) is 12.7. The van der Waals surface area contributed by atoms with Gasteiger partial charge in [-0.3, -0.25) is 0 Å². The average Bonchev–Trinajstić information content (AvgIpc) is 2.28. The topological polar surface area (TPSA) is 59.4 Å². The highest BCUT2D eigenvalue weighted by molar-refractivity contribution is 5.87. The van der Waals surface area contributed by atoms with E-state index in [1.165, 1.54) is 25.0 Å². The predicted molar refractivity (Wildman–Crippen MR) is 65.6 cm³/mol. The summed E-state index contributed by atoms with van der Waals surface area (Å²) in [6.45, 7) is 4.51. The molecule has 0 saturated heterocycles. The number of nitrogens with zero attached hydrogens (tertiary/aromatic N) is 1. The molecule has 1 heterocycles. The first-order chi connectivity index (χ1) is 8.13. The number of hydrogen-bond donors (Lipinski definition) is 1. The van der Waals surface area contributed by atoms with Crippen LogP contribution in [0.1, 0.15) is 48.7 Å². The Morgan fingerprint density at radius 3 is 2.76 bits per heavy atom. The monoisotopic (exact) mass is 237 g/mol. The summed E-state index contributed by atoms with van der Waals surface area (Å²) in [4.78, 5) is 15.0. The summed E-state index contributed by atoms with van der Waals surface area (Å²) in [7, 11) is 0. The molecule has 1 aromatic rings. The van der Waals surface area contributed by atoms with Crippen LogP contribution in [0.2, 0.25) is 0 Å². The van der Waals surface area contributed by atoms with Crippen LogP contribution in [0.25, 0.3) is 0 Å². The molecule has 17 heavy (non-hydrogen) atoms. The van der Waals surface area contributed by atoms with E-state index >= 15 is 0 Å². The fourth-order valence-electron chi connectivity index (χ4n) is 1.54. The molecule has 0 atom stereocenters. The smallest absolute Gasteiger partial charge is 0.335 e. The van der Waals surface area contributed by atoms with Crippen LogP contribution < -0.4 is 4.74 Å². The molecular weight excluding hydrogens is 218 g/mol. The van der Waals surface area contributed by atoms with Crippen LogP contribution in [0.15, 0.2) is 12.1 Å². The molecule has 0 aliphatic carbocycles. The van der Waals surface area contributed by atoms with Crippen molar-refractivity contribution in [3.8, 4) is 5.88 Å². The number of hydrogen-bond acceptors (Lipinski definition) is 3. The number of aromatic nitrogens is 1. The van der Waals surface area contributed by atoms with Gasteiger partial charge in [-0.15, -0.1) is 0 Å². The van der Waals surface area contributed by atoms with E-state index < -0.39 is 5.97 Å². The Morgan fingerprint density at radius 1 is 1.35 bits per heavy atom. The first-order valence-corrected chi connectivity index (χ1v) is 5.98. The SMILES string of the molecule is CCCCCCOc1cc(C(=O)O)cc(C)n1. The highest BCUT2D eigenvalue weighted by Gasteiger charge is 2.07. The highest BCUT2D eigenvalue weighted by atomic mass is 16.5. The summed E-state index contributed by atoms with van der Waals surface area (Å²) in [5.41, 5.74) is 0.884. The van der Waals surface area contributed by atoms with Crippen molar-refractivity contribution >= 4 is 5.97 Å². The molecule has 0 bridgehead atoms. The molecule has 1 aromatic heterocycles. The Morgan fingerprint density at radius 2 is 2.12 bits per heavy atom. The molecule has 1 N–H and O–H groups in total. The number of aryl methyl sites for hydroxylation is 1. The summed E-state index contributed by atoms with van der Waals surface area (Å²) in [5, 5.41) is 8.89. The van der Waals surface area contributed by atoms with Gasteiger partial charge in [-0.05, 0) is 19.4 Å². The first kappa shape index (κ1) is 13.5. The van der Waals surface area contributed by atoms with Crippen molar-refractivity contribution in [1.29, 1.82) is 0 Å². The Bertz CT molecular complexity index is 377. The molecule has 0 amide bonds. The number of ether oxygens (including phenoxy) is 1. The second kappa shape index (κ2) is 6.89. The van der Waals surface area contributed by atoms with Crippen LogP contribution in [-0.2, 0) is 0 Å². The summed E-state index contributed by atoms with van der Waals surface area (Å²) in [6.07, 6.45) is 4.50. The van der Waals surface area contributed by atoms with Gasteiger partial charge in [0.05, 0.1) is 12.2 Å². The van der Waals surface area contributed by atoms with E-state index in [0.29, 0.717) is 18.2 Å². The predicted octanol–water partition coefficient (Wildman–Crippen LogP) is 3.05. The number of unbranched alkanes of at least 4 members (excludes halogenated alkanes) is 3. The van der Waals surface area contributed by atoms with Crippen LogP contribution in [0.4, 0.5) is 0 Å². The molecule has 0 saturated carbocycles. The van der Waals surface area contributed by atoms with E-state index in [2.05, 4.69) is 11.9 Å². The number of carboxylic acid groups (broad SMARTS) is 1. The van der Waals surface area contributed by atoms with Crippen molar-refractivity contribution < 1.29 is 14.6 Å². The lowest BCUT2D eigenvalue weighted by Crippen LogP contribution is -2.03. The second-order valence-electron chi connectivity index (χ2n) is 4.05. The Labute approximate surface area is 102 Å². The fraction of sp³-hybridized carbons (Fsp3) is 0.538. The molecule has 1 rings (SSSR count). The average molecular weight is 237 g/mol. The van der Waals surface area contributed by atoms with Crippen molar-refractivity contribution in [2.45, 2.75) is 39.5 Å². The molecular formula is C13H19NO3. The largest absolute Gasteiger partial charge is 0.478 e. The van der Waals surface area contributed by atoms with Crippen LogP contribution in [0.5, 0.6) is 5.88 Å². The van der Waals surface area contributed by atoms with E-state index in [-0.39, 0.29) is 5.56 Å². The van der Waals surface area contributed by atoms with Gasteiger partial charge in [0.1, 0.15) is 0 Å². The van der Waals surface area contributed by atoms with Gasteiger partial charge >= 0.3 is 5.97 Å². The van der Waals surface area contributed by atoms with Crippen LogP contribution in [-0.4, -0.2) is 22.7 Å². The molecule has 4 heteroatoms. The maximum Gasteiger partial charge on any atom is 0.335 e. The molecule has 4 nitrogen and oxygen atoms in total. The van der Waals surface area contributed by atoms with Crippen molar-refractivity contribution in [2.24, 2.45) is 0 Å². The quantitative estimate of drug-likeness (QED) is 0.740. The lowest BCUT2D eigenvalue weighted by molar-refractivity contribution is 0.0696. The maximum absolute atomic E-state index is 10.8. The summed E-state index contributed by atoms with van der Waals surface area (Å²) in [6, 6.07) is 3.00. The molecule has 0 unspecified atom stereocenters. The molecule has 0 aliphatic rings. The maximum atomic E-state index is 10.8. The zero-order valence-corrected chi connectivity index (χ0v) is 10.4. The van der Waals surface area contributed by atoms with Gasteiger partial charge in [-0.2, -0.15) is 0 Å². The molecule has 94 valence electrons. The number of carboxylic acids is 1. The number of pyridine rings is 1. The molecule has 0 spiro atoms. The lowest BCUT2D eigenvalue weighted by Gasteiger charge is -2.06. The molecule has 0 aromatic carbocycles. The Hall–Kier alpha value is -1.58. The van der Waals surface area contributed by atoms with Crippen molar-refractivity contribution in [2.75, 3.05) is 6.61 Å².